The second-order valence-corrected chi connectivity index (χ2v) is 6.60. The van der Waals surface area contributed by atoms with E-state index in [4.69, 9.17) is 0 Å². The Morgan fingerprint density at radius 2 is 2.24 bits per heavy atom. The third-order valence-corrected chi connectivity index (χ3v) is 4.95. The second-order valence-electron chi connectivity index (χ2n) is 5.63. The van der Waals surface area contributed by atoms with Crippen LogP contribution in [0.4, 0.5) is 0 Å². The van der Waals surface area contributed by atoms with Gasteiger partial charge in [-0.25, -0.2) is 4.98 Å². The maximum absolute atomic E-state index is 12.2. The zero-order valence-electron chi connectivity index (χ0n) is 12.2. The lowest BCUT2D eigenvalue weighted by Crippen LogP contribution is -2.39. The van der Waals surface area contributed by atoms with Gasteiger partial charge in [-0.3, -0.25) is 9.78 Å². The molecule has 0 atom stereocenters. The van der Waals surface area contributed by atoms with Gasteiger partial charge in [-0.2, -0.15) is 0 Å². The summed E-state index contributed by atoms with van der Waals surface area (Å²) >= 11 is 1.55. The normalized spacial score (nSPS) is 16.3. The average molecular weight is 304 g/mol. The third kappa shape index (κ3) is 3.50. The summed E-state index contributed by atoms with van der Waals surface area (Å²) in [5.74, 6) is 2.01. The molecule has 0 bridgehead atoms. The number of hydrogen-bond donors (Lipinski definition) is 0. The number of hydrogen-bond acceptors (Lipinski definition) is 4. The predicted octanol–water partition coefficient (Wildman–Crippen LogP) is 1.90. The van der Waals surface area contributed by atoms with Crippen molar-refractivity contribution >= 4 is 17.2 Å². The van der Waals surface area contributed by atoms with Gasteiger partial charge in [0.1, 0.15) is 5.82 Å². The van der Waals surface area contributed by atoms with Crippen LogP contribution in [-0.2, 0) is 24.7 Å². The summed E-state index contributed by atoms with van der Waals surface area (Å²) in [7, 11) is 2.04. The molecule has 1 aliphatic heterocycles. The first-order chi connectivity index (χ1) is 10.2. The van der Waals surface area contributed by atoms with Crippen LogP contribution >= 0.6 is 11.3 Å². The van der Waals surface area contributed by atoms with Crippen LogP contribution in [0.3, 0.4) is 0 Å². The fraction of sp³-hybridized carbons (Fsp3) is 0.533. The van der Waals surface area contributed by atoms with Crippen LogP contribution < -0.4 is 0 Å². The van der Waals surface area contributed by atoms with Gasteiger partial charge >= 0.3 is 0 Å². The van der Waals surface area contributed by atoms with E-state index in [9.17, 15) is 4.79 Å². The number of amides is 1. The zero-order chi connectivity index (χ0) is 14.7. The molecule has 1 amide bonds. The Hall–Kier alpha value is -1.69. The van der Waals surface area contributed by atoms with Crippen molar-refractivity contribution in [1.82, 2.24) is 19.4 Å². The van der Waals surface area contributed by atoms with Gasteiger partial charge in [0.05, 0.1) is 11.9 Å². The molecule has 0 unspecified atom stereocenters. The Labute approximate surface area is 128 Å². The smallest absolute Gasteiger partial charge is 0.227 e. The minimum Gasteiger partial charge on any atom is -0.342 e. The lowest BCUT2D eigenvalue weighted by Gasteiger charge is -2.31. The highest BCUT2D eigenvalue weighted by atomic mass is 32.1. The monoisotopic (exact) mass is 304 g/mol. The summed E-state index contributed by atoms with van der Waals surface area (Å²) in [6.45, 7) is 1.74. The van der Waals surface area contributed by atoms with Crippen LogP contribution in [0, 0.1) is 5.92 Å². The number of carbonyl (C=O) groups excluding carboxylic acids is 1. The molecule has 0 saturated carbocycles. The van der Waals surface area contributed by atoms with E-state index >= 15 is 0 Å². The van der Waals surface area contributed by atoms with E-state index in [0.29, 0.717) is 12.3 Å². The van der Waals surface area contributed by atoms with E-state index < -0.39 is 0 Å². The van der Waals surface area contributed by atoms with Gasteiger partial charge in [0.15, 0.2) is 0 Å². The summed E-state index contributed by atoms with van der Waals surface area (Å²) in [5.41, 5.74) is 1.78. The number of aryl methyl sites for hydroxylation is 1. The molecule has 2 aromatic rings. The first-order valence-corrected chi connectivity index (χ1v) is 8.21. The van der Waals surface area contributed by atoms with Crippen LogP contribution in [0.25, 0.3) is 0 Å². The van der Waals surface area contributed by atoms with Gasteiger partial charge in [0.2, 0.25) is 5.91 Å². The van der Waals surface area contributed by atoms with Crippen LogP contribution in [0.2, 0.25) is 0 Å². The molecule has 0 spiro atoms. The molecule has 1 fully saturated rings. The van der Waals surface area contributed by atoms with Crippen LogP contribution in [0.1, 0.15) is 23.5 Å². The van der Waals surface area contributed by atoms with Gasteiger partial charge in [-0.1, -0.05) is 0 Å². The molecular formula is C15H20N4OS. The summed E-state index contributed by atoms with van der Waals surface area (Å²) in [4.78, 5) is 23.7. The summed E-state index contributed by atoms with van der Waals surface area (Å²) in [6, 6.07) is 0. The SMILES string of the molecule is Cn1ccnc1CC1CCN(C(=O)Cc2cncs2)CC1. The topological polar surface area (TPSA) is 51.0 Å². The number of piperidine rings is 1. The van der Waals surface area contributed by atoms with E-state index in [0.717, 1.165) is 43.1 Å². The highest BCUT2D eigenvalue weighted by molar-refractivity contribution is 7.09. The molecule has 1 saturated heterocycles. The Morgan fingerprint density at radius 1 is 1.43 bits per heavy atom. The van der Waals surface area contributed by atoms with E-state index in [2.05, 4.69) is 14.5 Å². The third-order valence-electron chi connectivity index (χ3n) is 4.17. The Bertz CT molecular complexity index is 585. The summed E-state index contributed by atoms with van der Waals surface area (Å²) in [6.07, 6.45) is 9.28. The van der Waals surface area contributed by atoms with Crippen molar-refractivity contribution in [3.8, 4) is 0 Å². The summed E-state index contributed by atoms with van der Waals surface area (Å²) in [5, 5.41) is 0. The number of aromatic nitrogens is 3. The van der Waals surface area contributed by atoms with E-state index in [-0.39, 0.29) is 5.91 Å². The van der Waals surface area contributed by atoms with Crippen molar-refractivity contribution in [3.63, 3.8) is 0 Å². The fourth-order valence-electron chi connectivity index (χ4n) is 2.83. The Morgan fingerprint density at radius 3 is 2.86 bits per heavy atom. The van der Waals surface area contributed by atoms with Gasteiger partial charge in [0.25, 0.3) is 0 Å². The lowest BCUT2D eigenvalue weighted by molar-refractivity contribution is -0.131. The molecule has 3 heterocycles. The molecular weight excluding hydrogens is 284 g/mol. The Balaban J connectivity index is 1.48. The molecule has 5 nitrogen and oxygen atoms in total. The Kier molecular flexibility index (Phi) is 4.34. The lowest BCUT2D eigenvalue weighted by atomic mass is 9.93. The quantitative estimate of drug-likeness (QED) is 0.867. The van der Waals surface area contributed by atoms with E-state index in [1.54, 1.807) is 23.0 Å². The minimum absolute atomic E-state index is 0.231. The van der Waals surface area contributed by atoms with Crippen molar-refractivity contribution in [1.29, 1.82) is 0 Å². The largest absolute Gasteiger partial charge is 0.342 e. The highest BCUT2D eigenvalue weighted by Gasteiger charge is 2.24. The maximum Gasteiger partial charge on any atom is 0.227 e. The van der Waals surface area contributed by atoms with Gasteiger partial charge in [-0.15, -0.1) is 11.3 Å². The van der Waals surface area contributed by atoms with Crippen LogP contribution in [0.15, 0.2) is 24.1 Å². The van der Waals surface area contributed by atoms with Crippen molar-refractivity contribution in [3.05, 3.63) is 34.8 Å². The van der Waals surface area contributed by atoms with Crippen molar-refractivity contribution in [2.45, 2.75) is 25.7 Å². The second kappa shape index (κ2) is 6.39. The number of imidazole rings is 1. The van der Waals surface area contributed by atoms with Gasteiger partial charge < -0.3 is 9.47 Å². The maximum atomic E-state index is 12.2. The van der Waals surface area contributed by atoms with Crippen molar-refractivity contribution in [2.24, 2.45) is 13.0 Å². The molecule has 0 aromatic carbocycles. The molecule has 0 radical (unpaired) electrons. The van der Waals surface area contributed by atoms with Crippen LogP contribution in [-0.4, -0.2) is 38.4 Å². The average Bonchev–Trinajstić information content (AvgIpc) is 3.12. The summed E-state index contributed by atoms with van der Waals surface area (Å²) < 4.78 is 2.08. The number of rotatable bonds is 4. The molecule has 21 heavy (non-hydrogen) atoms. The number of carbonyl (C=O) groups is 1. The molecule has 0 aliphatic carbocycles. The number of thiazole rings is 1. The molecule has 6 heteroatoms. The number of nitrogens with zero attached hydrogens (tertiary/aromatic N) is 4. The molecule has 0 N–H and O–H groups in total. The zero-order valence-corrected chi connectivity index (χ0v) is 13.1. The van der Waals surface area contributed by atoms with Crippen molar-refractivity contribution < 1.29 is 4.79 Å². The van der Waals surface area contributed by atoms with E-state index in [1.807, 2.05) is 24.3 Å². The molecule has 112 valence electrons. The predicted molar refractivity (Wildman–Crippen MR) is 82.0 cm³/mol. The standard InChI is InChI=1S/C15H20N4OS/c1-18-7-4-17-14(18)8-12-2-5-19(6-3-12)15(20)9-13-10-16-11-21-13/h4,7,10-12H,2-3,5-6,8-9H2,1H3. The van der Waals surface area contributed by atoms with E-state index in [1.165, 1.54) is 0 Å². The molecule has 2 aromatic heterocycles. The first kappa shape index (κ1) is 14.3. The molecule has 1 aliphatic rings. The molecule has 3 rings (SSSR count). The first-order valence-electron chi connectivity index (χ1n) is 7.33. The van der Waals surface area contributed by atoms with Gasteiger partial charge in [0, 0.05) is 50.0 Å². The highest BCUT2D eigenvalue weighted by Crippen LogP contribution is 2.21. The minimum atomic E-state index is 0.231. The van der Waals surface area contributed by atoms with Crippen molar-refractivity contribution in [2.75, 3.05) is 13.1 Å². The number of likely N-dealkylation sites (tertiary alicyclic amines) is 1. The fourth-order valence-corrected chi connectivity index (χ4v) is 3.41. The van der Waals surface area contributed by atoms with Gasteiger partial charge in [-0.05, 0) is 18.8 Å². The van der Waals surface area contributed by atoms with Crippen LogP contribution in [0.5, 0.6) is 0 Å².